The summed E-state index contributed by atoms with van der Waals surface area (Å²) in [6.07, 6.45) is 0. The van der Waals surface area contributed by atoms with Crippen LogP contribution in [0.3, 0.4) is 0 Å². The third-order valence-corrected chi connectivity index (χ3v) is 4.88. The molecule has 0 radical (unpaired) electrons. The number of methoxy groups -OCH3 is 1. The average Bonchev–Trinajstić information content (AvgIpc) is 2.71. The van der Waals surface area contributed by atoms with E-state index in [0.717, 1.165) is 51.5 Å². The number of hydrogen-bond donors (Lipinski definition) is 2. The van der Waals surface area contributed by atoms with E-state index < -0.39 is 0 Å². The third kappa shape index (κ3) is 5.66. The molecular weight excluding hydrogens is 347 g/mol. The Morgan fingerprint density at radius 2 is 1.85 bits per heavy atom. The Balaban J connectivity index is 1.58. The molecule has 0 unspecified atom stereocenters. The Morgan fingerprint density at radius 1 is 1.07 bits per heavy atom. The molecule has 1 aliphatic rings. The van der Waals surface area contributed by atoms with E-state index in [2.05, 4.69) is 5.32 Å². The van der Waals surface area contributed by atoms with Crippen LogP contribution in [-0.2, 0) is 17.9 Å². The van der Waals surface area contributed by atoms with Crippen molar-refractivity contribution >= 4 is 0 Å². The Bertz CT molecular complexity index is 720. The van der Waals surface area contributed by atoms with Crippen molar-refractivity contribution in [1.29, 1.82) is 0 Å². The van der Waals surface area contributed by atoms with Crippen LogP contribution >= 0.6 is 0 Å². The molecule has 1 saturated heterocycles. The van der Waals surface area contributed by atoms with E-state index >= 15 is 0 Å². The number of nitrogens with two attached hydrogens (primary N) is 1. The quantitative estimate of drug-likeness (QED) is 0.623. The summed E-state index contributed by atoms with van der Waals surface area (Å²) in [4.78, 5) is 1.60. The number of nitrogens with one attached hydrogen (secondary N) is 1. The zero-order valence-electron chi connectivity index (χ0n) is 15.9. The molecule has 3 rings (SSSR count). The molecule has 27 heavy (non-hydrogen) atoms. The van der Waals surface area contributed by atoms with E-state index in [4.69, 9.17) is 14.2 Å². The van der Waals surface area contributed by atoms with E-state index in [1.807, 2.05) is 24.3 Å². The Kier molecular flexibility index (Phi) is 7.45. The number of para-hydroxylation sites is 1. The minimum absolute atomic E-state index is 0.179. The Labute approximate surface area is 160 Å². The largest absolute Gasteiger partial charge is 0.493 e. The lowest BCUT2D eigenvalue weighted by Gasteiger charge is -2.23. The van der Waals surface area contributed by atoms with Crippen LogP contribution in [0.4, 0.5) is 4.39 Å². The van der Waals surface area contributed by atoms with Gasteiger partial charge in [-0.25, -0.2) is 4.39 Å². The minimum atomic E-state index is -0.256. The lowest BCUT2D eigenvalue weighted by molar-refractivity contribution is -0.920. The number of rotatable bonds is 9. The predicted octanol–water partition coefficient (Wildman–Crippen LogP) is 0.392. The van der Waals surface area contributed by atoms with Gasteiger partial charge >= 0.3 is 0 Å². The number of hydrogen-bond acceptors (Lipinski definition) is 3. The fourth-order valence-corrected chi connectivity index (χ4v) is 3.29. The van der Waals surface area contributed by atoms with Crippen molar-refractivity contribution < 1.29 is 28.8 Å². The van der Waals surface area contributed by atoms with E-state index in [0.29, 0.717) is 17.1 Å². The first-order valence-corrected chi connectivity index (χ1v) is 9.53. The van der Waals surface area contributed by atoms with Gasteiger partial charge in [-0.1, -0.05) is 24.3 Å². The van der Waals surface area contributed by atoms with Crippen LogP contribution in [0.15, 0.2) is 42.5 Å². The highest BCUT2D eigenvalue weighted by atomic mass is 19.1. The number of ether oxygens (including phenoxy) is 3. The number of halogens is 1. The van der Waals surface area contributed by atoms with Crippen LogP contribution in [0.5, 0.6) is 11.5 Å². The number of benzene rings is 2. The van der Waals surface area contributed by atoms with Gasteiger partial charge in [-0.15, -0.1) is 0 Å². The SMILES string of the molecule is COc1cccc(C[NH2+]CC[NH+]2CCOCC2)c1OCc1ccccc1F. The van der Waals surface area contributed by atoms with Crippen molar-refractivity contribution in [1.82, 2.24) is 0 Å². The fourth-order valence-electron chi connectivity index (χ4n) is 3.29. The first-order valence-electron chi connectivity index (χ1n) is 9.53. The summed E-state index contributed by atoms with van der Waals surface area (Å²) in [5.41, 5.74) is 1.59. The molecule has 0 bridgehead atoms. The number of morpholine rings is 1. The highest BCUT2D eigenvalue weighted by molar-refractivity contribution is 5.46. The van der Waals surface area contributed by atoms with Crippen molar-refractivity contribution in [3.05, 3.63) is 59.4 Å². The van der Waals surface area contributed by atoms with Gasteiger partial charge in [0.2, 0.25) is 0 Å². The smallest absolute Gasteiger partial charge is 0.170 e. The second-order valence-corrected chi connectivity index (χ2v) is 6.72. The molecule has 0 atom stereocenters. The van der Waals surface area contributed by atoms with E-state index in [1.165, 1.54) is 6.07 Å². The predicted molar refractivity (Wildman–Crippen MR) is 101 cm³/mol. The van der Waals surface area contributed by atoms with Gasteiger partial charge < -0.3 is 24.4 Å². The highest BCUT2D eigenvalue weighted by Crippen LogP contribution is 2.31. The molecule has 1 fully saturated rings. The molecule has 6 heteroatoms. The molecule has 0 amide bonds. The second-order valence-electron chi connectivity index (χ2n) is 6.72. The lowest BCUT2D eigenvalue weighted by Crippen LogP contribution is -3.16. The van der Waals surface area contributed by atoms with Crippen LogP contribution < -0.4 is 19.7 Å². The standard InChI is InChI=1S/C21H27FN2O3/c1-25-20-8-4-6-17(15-23-9-10-24-11-13-26-14-12-24)21(20)27-16-18-5-2-3-7-19(18)22/h2-8,23H,9-16H2,1H3/p+2. The first kappa shape index (κ1) is 19.6. The molecule has 146 valence electrons. The van der Waals surface area contributed by atoms with Crippen molar-refractivity contribution in [2.24, 2.45) is 0 Å². The molecule has 1 heterocycles. The topological polar surface area (TPSA) is 48.7 Å². The van der Waals surface area contributed by atoms with Crippen molar-refractivity contribution in [3.8, 4) is 11.5 Å². The van der Waals surface area contributed by atoms with Crippen molar-refractivity contribution in [2.45, 2.75) is 13.2 Å². The van der Waals surface area contributed by atoms with Gasteiger partial charge in [-0.3, -0.25) is 0 Å². The van der Waals surface area contributed by atoms with Gasteiger partial charge in [0.1, 0.15) is 45.1 Å². The normalized spacial score (nSPS) is 14.9. The summed E-state index contributed by atoms with van der Waals surface area (Å²) in [7, 11) is 1.63. The molecule has 3 N–H and O–H groups in total. The third-order valence-electron chi connectivity index (χ3n) is 4.88. The van der Waals surface area contributed by atoms with Crippen LogP contribution in [0.2, 0.25) is 0 Å². The molecule has 1 aliphatic heterocycles. The maximum Gasteiger partial charge on any atom is 0.170 e. The van der Waals surface area contributed by atoms with Gasteiger partial charge in [0.15, 0.2) is 11.5 Å². The lowest BCUT2D eigenvalue weighted by atomic mass is 10.1. The van der Waals surface area contributed by atoms with Crippen LogP contribution in [-0.4, -0.2) is 46.5 Å². The van der Waals surface area contributed by atoms with E-state index in [1.54, 1.807) is 24.1 Å². The molecule has 0 aliphatic carbocycles. The molecule has 0 saturated carbocycles. The monoisotopic (exact) mass is 376 g/mol. The van der Waals surface area contributed by atoms with Crippen molar-refractivity contribution in [3.63, 3.8) is 0 Å². The zero-order valence-corrected chi connectivity index (χ0v) is 15.9. The summed E-state index contributed by atoms with van der Waals surface area (Å²) in [5.74, 6) is 1.11. The molecule has 5 nitrogen and oxygen atoms in total. The summed E-state index contributed by atoms with van der Waals surface area (Å²) in [5, 5.41) is 2.28. The van der Waals surface area contributed by atoms with Gasteiger partial charge in [-0.05, 0) is 18.2 Å². The molecule has 2 aromatic carbocycles. The highest BCUT2D eigenvalue weighted by Gasteiger charge is 2.16. The Hall–Kier alpha value is -2.15. The van der Waals surface area contributed by atoms with Crippen LogP contribution in [0, 0.1) is 5.82 Å². The average molecular weight is 376 g/mol. The summed E-state index contributed by atoms with van der Waals surface area (Å²) < 4.78 is 30.7. The maximum absolute atomic E-state index is 13.9. The van der Waals surface area contributed by atoms with E-state index in [9.17, 15) is 4.39 Å². The molecule has 0 spiro atoms. The molecule has 0 aromatic heterocycles. The van der Waals surface area contributed by atoms with Gasteiger partial charge in [-0.2, -0.15) is 0 Å². The van der Waals surface area contributed by atoms with Crippen LogP contribution in [0.25, 0.3) is 0 Å². The minimum Gasteiger partial charge on any atom is -0.493 e. The number of quaternary nitrogens is 2. The summed E-state index contributed by atoms with van der Waals surface area (Å²) >= 11 is 0. The Morgan fingerprint density at radius 3 is 2.63 bits per heavy atom. The maximum atomic E-state index is 13.9. The zero-order chi connectivity index (χ0) is 18.9. The second kappa shape index (κ2) is 10.3. The van der Waals surface area contributed by atoms with Gasteiger partial charge in [0, 0.05) is 5.56 Å². The van der Waals surface area contributed by atoms with E-state index in [-0.39, 0.29) is 12.4 Å². The van der Waals surface area contributed by atoms with Gasteiger partial charge in [0.05, 0.1) is 25.9 Å². The fraction of sp³-hybridized carbons (Fsp3) is 0.429. The molecule has 2 aromatic rings. The summed E-state index contributed by atoms with van der Waals surface area (Å²) in [6.45, 7) is 7.04. The van der Waals surface area contributed by atoms with Gasteiger partial charge in [0.25, 0.3) is 0 Å². The first-order chi connectivity index (χ1) is 13.3. The molecular formula is C21H29FN2O3+2. The van der Waals surface area contributed by atoms with Crippen LogP contribution in [0.1, 0.15) is 11.1 Å². The van der Waals surface area contributed by atoms with Crippen molar-refractivity contribution in [2.75, 3.05) is 46.5 Å². The summed E-state index contributed by atoms with van der Waals surface area (Å²) in [6, 6.07) is 12.6.